The first-order valence-corrected chi connectivity index (χ1v) is 9.38. The molecule has 2 aromatic carbocycles. The van der Waals surface area contributed by atoms with Gasteiger partial charge in [-0.25, -0.2) is 0 Å². The van der Waals surface area contributed by atoms with Crippen molar-refractivity contribution in [1.29, 1.82) is 0 Å². The van der Waals surface area contributed by atoms with Crippen LogP contribution in [0.15, 0.2) is 53.6 Å². The van der Waals surface area contributed by atoms with Crippen molar-refractivity contribution >= 4 is 46.8 Å². The summed E-state index contributed by atoms with van der Waals surface area (Å²) in [6.07, 6.45) is 6.32. The van der Waals surface area contributed by atoms with Gasteiger partial charge in [-0.1, -0.05) is 41.4 Å². The van der Waals surface area contributed by atoms with Gasteiger partial charge >= 0.3 is 0 Å². The lowest BCUT2D eigenvalue weighted by atomic mass is 9.87. The molecule has 0 bridgehead atoms. The molecule has 1 saturated carbocycles. The molecule has 3 rings (SSSR count). The number of rotatable bonds is 3. The molecule has 1 aliphatic carbocycles. The monoisotopic (exact) mass is 385 g/mol. The van der Waals surface area contributed by atoms with Crippen molar-refractivity contribution in [2.75, 3.05) is 19.0 Å². The highest BCUT2D eigenvalue weighted by molar-refractivity contribution is 6.37. The van der Waals surface area contributed by atoms with Crippen molar-refractivity contribution in [3.8, 4) is 0 Å². The molecule has 0 spiro atoms. The molecule has 134 valence electrons. The van der Waals surface area contributed by atoms with Crippen LogP contribution in [0.2, 0.25) is 10.0 Å². The van der Waals surface area contributed by atoms with Crippen LogP contribution in [0.5, 0.6) is 0 Å². The second-order valence-electron chi connectivity index (χ2n) is 6.64. The normalized spacial score (nSPS) is 17.8. The zero-order valence-corrected chi connectivity index (χ0v) is 16.4. The maximum Gasteiger partial charge on any atom is 0.185 e. The van der Waals surface area contributed by atoms with Crippen LogP contribution in [0.25, 0.3) is 12.2 Å². The van der Waals surface area contributed by atoms with Gasteiger partial charge in [-0.2, -0.15) is 0 Å². The molecule has 0 amide bonds. The number of anilines is 1. The van der Waals surface area contributed by atoms with Gasteiger partial charge in [-0.05, 0) is 61.2 Å². The van der Waals surface area contributed by atoms with E-state index in [9.17, 15) is 4.79 Å². The Hall–Kier alpha value is -2.03. The van der Waals surface area contributed by atoms with Gasteiger partial charge in [0.15, 0.2) is 5.78 Å². The molecule has 2 nitrogen and oxygen atoms in total. The summed E-state index contributed by atoms with van der Waals surface area (Å²) >= 11 is 12.5. The Kier molecular flexibility index (Phi) is 5.85. The topological polar surface area (TPSA) is 20.3 Å². The van der Waals surface area contributed by atoms with Gasteiger partial charge < -0.3 is 4.90 Å². The third kappa shape index (κ3) is 4.20. The molecule has 0 saturated heterocycles. The van der Waals surface area contributed by atoms with Crippen LogP contribution in [0, 0.1) is 0 Å². The van der Waals surface area contributed by atoms with Crippen LogP contribution >= 0.6 is 23.2 Å². The zero-order chi connectivity index (χ0) is 18.7. The van der Waals surface area contributed by atoms with Crippen molar-refractivity contribution < 1.29 is 4.79 Å². The van der Waals surface area contributed by atoms with Crippen LogP contribution in [0.3, 0.4) is 0 Å². The Labute approximate surface area is 164 Å². The van der Waals surface area contributed by atoms with E-state index in [0.29, 0.717) is 10.0 Å². The first-order valence-electron chi connectivity index (χ1n) is 8.63. The molecule has 0 atom stereocenters. The summed E-state index contributed by atoms with van der Waals surface area (Å²) in [5, 5.41) is 1.13. The molecule has 26 heavy (non-hydrogen) atoms. The number of allylic oxidation sites excluding steroid dienone is 2. The Bertz CT molecular complexity index is 859. The van der Waals surface area contributed by atoms with Gasteiger partial charge in [-0.3, -0.25) is 4.79 Å². The number of hydrogen-bond acceptors (Lipinski definition) is 2. The smallest absolute Gasteiger partial charge is 0.185 e. The summed E-state index contributed by atoms with van der Waals surface area (Å²) in [4.78, 5) is 15.0. The highest BCUT2D eigenvalue weighted by Gasteiger charge is 2.21. The van der Waals surface area contributed by atoms with Crippen molar-refractivity contribution in [2.24, 2.45) is 0 Å². The predicted molar refractivity (Wildman–Crippen MR) is 112 cm³/mol. The Balaban J connectivity index is 1.89. The quantitative estimate of drug-likeness (QED) is 0.579. The minimum Gasteiger partial charge on any atom is -0.378 e. The molecule has 1 aliphatic rings. The van der Waals surface area contributed by atoms with E-state index in [4.69, 9.17) is 23.2 Å². The van der Waals surface area contributed by atoms with Crippen LogP contribution < -0.4 is 4.90 Å². The summed E-state index contributed by atoms with van der Waals surface area (Å²) in [6, 6.07) is 13.6. The number of nitrogens with zero attached hydrogens (tertiary/aromatic N) is 1. The average molecular weight is 386 g/mol. The van der Waals surface area contributed by atoms with E-state index in [1.807, 2.05) is 38.4 Å². The summed E-state index contributed by atoms with van der Waals surface area (Å²) in [6.45, 7) is 0. The van der Waals surface area contributed by atoms with Gasteiger partial charge in [0.05, 0.1) is 0 Å². The lowest BCUT2D eigenvalue weighted by Gasteiger charge is -2.17. The number of benzene rings is 2. The van der Waals surface area contributed by atoms with Gasteiger partial charge in [0.25, 0.3) is 0 Å². The average Bonchev–Trinajstić information content (AvgIpc) is 2.62. The van der Waals surface area contributed by atoms with Crippen molar-refractivity contribution in [3.63, 3.8) is 0 Å². The van der Waals surface area contributed by atoms with Gasteiger partial charge in [-0.15, -0.1) is 0 Å². The van der Waals surface area contributed by atoms with Crippen LogP contribution in [-0.4, -0.2) is 19.9 Å². The molecule has 0 aliphatic heterocycles. The molecule has 2 aromatic rings. The second kappa shape index (κ2) is 8.11. The van der Waals surface area contributed by atoms with Crippen molar-refractivity contribution in [2.45, 2.75) is 19.3 Å². The van der Waals surface area contributed by atoms with E-state index in [1.54, 1.807) is 18.2 Å². The number of halogens is 2. The lowest BCUT2D eigenvalue weighted by Crippen LogP contribution is -2.12. The fourth-order valence-electron chi connectivity index (χ4n) is 3.07. The van der Waals surface area contributed by atoms with E-state index in [0.717, 1.165) is 47.2 Å². The van der Waals surface area contributed by atoms with Crippen LogP contribution in [-0.2, 0) is 4.79 Å². The highest BCUT2D eigenvalue weighted by atomic mass is 35.5. The maximum absolute atomic E-state index is 12.9. The molecule has 0 heterocycles. The number of Topliss-reactive ketones (excluding diaryl/α,β-unsaturated/α-hetero) is 1. The van der Waals surface area contributed by atoms with E-state index in [-0.39, 0.29) is 5.78 Å². The molecule has 0 N–H and O–H groups in total. The third-order valence-corrected chi connectivity index (χ3v) is 5.20. The molecule has 0 radical (unpaired) electrons. The Morgan fingerprint density at radius 1 is 0.885 bits per heavy atom. The number of carbonyl (C=O) groups is 1. The number of ketones is 1. The van der Waals surface area contributed by atoms with Crippen molar-refractivity contribution in [1.82, 2.24) is 0 Å². The molecule has 0 aromatic heterocycles. The fourth-order valence-corrected chi connectivity index (χ4v) is 3.58. The number of carbonyl (C=O) groups excluding carboxylic acids is 1. The van der Waals surface area contributed by atoms with Crippen LogP contribution in [0.4, 0.5) is 5.69 Å². The summed E-state index contributed by atoms with van der Waals surface area (Å²) < 4.78 is 0. The molecular weight excluding hydrogens is 365 g/mol. The van der Waals surface area contributed by atoms with Gasteiger partial charge in [0.2, 0.25) is 0 Å². The SMILES string of the molecule is CN(C)c1ccc(/C=C2\CCC/C(=C/c3c(Cl)cccc3Cl)C2=O)cc1. The second-order valence-corrected chi connectivity index (χ2v) is 7.46. The van der Waals surface area contributed by atoms with Crippen molar-refractivity contribution in [3.05, 3.63) is 74.8 Å². The summed E-state index contributed by atoms with van der Waals surface area (Å²) in [5.41, 5.74) is 4.49. The minimum absolute atomic E-state index is 0.0870. The number of hydrogen-bond donors (Lipinski definition) is 0. The first kappa shape index (κ1) is 18.8. The minimum atomic E-state index is 0.0870. The zero-order valence-electron chi connectivity index (χ0n) is 14.9. The standard InChI is InChI=1S/C22H21Cl2NO/c1-25(2)18-11-9-15(10-12-18)13-16-5-3-6-17(22(16)26)14-19-20(23)7-4-8-21(19)24/h4,7-14H,3,5-6H2,1-2H3/b16-13+,17-14-. The third-order valence-electron chi connectivity index (χ3n) is 4.54. The lowest BCUT2D eigenvalue weighted by molar-refractivity contribution is -0.112. The van der Waals surface area contributed by atoms with E-state index >= 15 is 0 Å². The van der Waals surface area contributed by atoms with Crippen LogP contribution in [0.1, 0.15) is 30.4 Å². The fraction of sp³-hybridized carbons (Fsp3) is 0.227. The predicted octanol–water partition coefficient (Wildman–Crippen LogP) is 6.28. The largest absolute Gasteiger partial charge is 0.378 e. The van der Waals surface area contributed by atoms with E-state index in [1.165, 1.54) is 0 Å². The van der Waals surface area contributed by atoms with E-state index in [2.05, 4.69) is 17.0 Å². The molecule has 0 unspecified atom stereocenters. The molecule has 4 heteroatoms. The summed E-state index contributed by atoms with van der Waals surface area (Å²) in [5.74, 6) is 0.0870. The molecular formula is C22H21Cl2NO. The summed E-state index contributed by atoms with van der Waals surface area (Å²) in [7, 11) is 4.02. The Morgan fingerprint density at radius 3 is 2.04 bits per heavy atom. The molecule has 1 fully saturated rings. The van der Waals surface area contributed by atoms with Gasteiger partial charge in [0, 0.05) is 46.5 Å². The first-order chi connectivity index (χ1) is 12.5. The maximum atomic E-state index is 12.9. The van der Waals surface area contributed by atoms with Gasteiger partial charge in [0.1, 0.15) is 0 Å². The Morgan fingerprint density at radius 2 is 1.46 bits per heavy atom. The highest BCUT2D eigenvalue weighted by Crippen LogP contribution is 2.32. The van der Waals surface area contributed by atoms with E-state index < -0.39 is 0 Å².